The predicted molar refractivity (Wildman–Crippen MR) is 134 cm³/mol. The fourth-order valence-electron chi connectivity index (χ4n) is 4.72. The van der Waals surface area contributed by atoms with Crippen LogP contribution in [0.4, 0.5) is 0 Å². The second kappa shape index (κ2) is 10.4. The summed E-state index contributed by atoms with van der Waals surface area (Å²) in [6.45, 7) is 6.95. The Balaban J connectivity index is 1.52. The van der Waals surface area contributed by atoms with Crippen LogP contribution in [0.3, 0.4) is 0 Å². The molecule has 2 aromatic carbocycles. The zero-order valence-electron chi connectivity index (χ0n) is 19.8. The third-order valence-corrected chi connectivity index (χ3v) is 6.89. The fourth-order valence-corrected chi connectivity index (χ4v) is 4.90. The summed E-state index contributed by atoms with van der Waals surface area (Å²) in [6.07, 6.45) is 2.04. The van der Waals surface area contributed by atoms with Gasteiger partial charge in [0.25, 0.3) is 5.91 Å². The minimum Gasteiger partial charge on any atom is -0.494 e. The average Bonchev–Trinajstić information content (AvgIpc) is 3.16. The van der Waals surface area contributed by atoms with Crippen LogP contribution in [0.5, 0.6) is 5.75 Å². The van der Waals surface area contributed by atoms with E-state index in [1.807, 2.05) is 24.3 Å². The quantitative estimate of drug-likeness (QED) is 0.427. The number of fused-ring (bicyclic) bond motifs is 2. The summed E-state index contributed by atoms with van der Waals surface area (Å²) in [5.41, 5.74) is 1.35. The second-order valence-corrected chi connectivity index (χ2v) is 9.38. The largest absolute Gasteiger partial charge is 0.494 e. The number of hydrogen-bond acceptors (Lipinski definition) is 6. The van der Waals surface area contributed by atoms with Crippen molar-refractivity contribution in [1.82, 2.24) is 9.80 Å². The van der Waals surface area contributed by atoms with E-state index in [1.54, 1.807) is 23.1 Å². The Morgan fingerprint density at radius 3 is 2.57 bits per heavy atom. The lowest BCUT2D eigenvalue weighted by Crippen LogP contribution is -2.42. The summed E-state index contributed by atoms with van der Waals surface area (Å²) >= 11 is 6.17. The number of benzene rings is 2. The molecule has 0 aliphatic carbocycles. The maximum atomic E-state index is 13.6. The van der Waals surface area contributed by atoms with Crippen LogP contribution >= 0.6 is 11.6 Å². The van der Waals surface area contributed by atoms with E-state index >= 15 is 0 Å². The number of amides is 1. The first kappa shape index (κ1) is 23.9. The molecule has 0 spiro atoms. The molecule has 184 valence electrons. The van der Waals surface area contributed by atoms with E-state index < -0.39 is 6.04 Å². The van der Waals surface area contributed by atoms with Gasteiger partial charge in [0.15, 0.2) is 5.43 Å². The molecule has 0 radical (unpaired) electrons. The molecule has 1 aromatic heterocycles. The Morgan fingerprint density at radius 2 is 1.83 bits per heavy atom. The summed E-state index contributed by atoms with van der Waals surface area (Å²) in [4.78, 5) is 31.2. The lowest BCUT2D eigenvalue weighted by molar-refractivity contribution is 0.0314. The number of unbranched alkanes of at least 4 members (excludes halogenated alkanes) is 1. The molecular formula is C27H29ClN2O5. The van der Waals surface area contributed by atoms with Crippen LogP contribution in [-0.4, -0.2) is 61.7 Å². The normalized spacial score (nSPS) is 18.3. The average molecular weight is 497 g/mol. The van der Waals surface area contributed by atoms with Gasteiger partial charge in [0.1, 0.15) is 11.3 Å². The van der Waals surface area contributed by atoms with Crippen molar-refractivity contribution in [2.75, 3.05) is 46.0 Å². The van der Waals surface area contributed by atoms with Gasteiger partial charge in [0.05, 0.1) is 36.8 Å². The van der Waals surface area contributed by atoms with E-state index in [-0.39, 0.29) is 17.1 Å². The summed E-state index contributed by atoms with van der Waals surface area (Å²) in [5, 5.41) is 0.826. The van der Waals surface area contributed by atoms with Gasteiger partial charge < -0.3 is 18.8 Å². The highest BCUT2D eigenvalue weighted by Crippen LogP contribution is 2.38. The van der Waals surface area contributed by atoms with E-state index in [2.05, 4.69) is 11.8 Å². The fraction of sp³-hybridized carbons (Fsp3) is 0.407. The number of nitrogens with zero attached hydrogens (tertiary/aromatic N) is 2. The number of rotatable bonds is 8. The molecule has 0 saturated carbocycles. The van der Waals surface area contributed by atoms with E-state index in [4.69, 9.17) is 25.5 Å². The Bertz CT molecular complexity index is 1270. The lowest BCUT2D eigenvalue weighted by atomic mass is 9.98. The van der Waals surface area contributed by atoms with Crippen molar-refractivity contribution < 1.29 is 18.7 Å². The van der Waals surface area contributed by atoms with Gasteiger partial charge in [0.2, 0.25) is 5.76 Å². The van der Waals surface area contributed by atoms with Crippen molar-refractivity contribution in [3.8, 4) is 5.75 Å². The molecule has 1 unspecified atom stereocenters. The van der Waals surface area contributed by atoms with Gasteiger partial charge in [-0.15, -0.1) is 0 Å². The summed E-state index contributed by atoms with van der Waals surface area (Å²) < 4.78 is 17.3. The van der Waals surface area contributed by atoms with Crippen LogP contribution in [0.1, 0.15) is 47.5 Å². The topological polar surface area (TPSA) is 72.2 Å². The van der Waals surface area contributed by atoms with Crippen LogP contribution in [-0.2, 0) is 4.74 Å². The molecule has 1 saturated heterocycles. The molecule has 3 aromatic rings. The van der Waals surface area contributed by atoms with Crippen LogP contribution in [0.2, 0.25) is 5.02 Å². The van der Waals surface area contributed by atoms with Crippen molar-refractivity contribution in [3.05, 3.63) is 74.6 Å². The van der Waals surface area contributed by atoms with Crippen LogP contribution in [0.15, 0.2) is 51.7 Å². The van der Waals surface area contributed by atoms with Crippen molar-refractivity contribution in [2.45, 2.75) is 25.8 Å². The Labute approximate surface area is 209 Å². The molecule has 1 atom stereocenters. The highest BCUT2D eigenvalue weighted by Gasteiger charge is 2.42. The molecule has 2 aliphatic heterocycles. The number of hydrogen-bond donors (Lipinski definition) is 0. The minimum absolute atomic E-state index is 0.111. The minimum atomic E-state index is -0.539. The highest BCUT2D eigenvalue weighted by molar-refractivity contribution is 6.31. The first-order valence-corrected chi connectivity index (χ1v) is 12.5. The van der Waals surface area contributed by atoms with Gasteiger partial charge in [-0.3, -0.25) is 14.5 Å². The van der Waals surface area contributed by atoms with Gasteiger partial charge in [-0.25, -0.2) is 0 Å². The first-order valence-electron chi connectivity index (χ1n) is 12.2. The number of morpholine rings is 1. The Morgan fingerprint density at radius 1 is 1.06 bits per heavy atom. The monoisotopic (exact) mass is 496 g/mol. The van der Waals surface area contributed by atoms with Crippen molar-refractivity contribution >= 4 is 28.5 Å². The summed E-state index contributed by atoms with van der Waals surface area (Å²) in [7, 11) is 0. The van der Waals surface area contributed by atoms with E-state index in [0.29, 0.717) is 54.5 Å². The highest BCUT2D eigenvalue weighted by atomic mass is 35.5. The summed E-state index contributed by atoms with van der Waals surface area (Å²) in [6, 6.07) is 12.0. The van der Waals surface area contributed by atoms with Crippen LogP contribution < -0.4 is 10.2 Å². The molecule has 1 fully saturated rings. The first-order chi connectivity index (χ1) is 17.1. The smallest absolute Gasteiger partial charge is 0.290 e. The Kier molecular flexibility index (Phi) is 7.09. The van der Waals surface area contributed by atoms with Crippen LogP contribution in [0.25, 0.3) is 11.0 Å². The van der Waals surface area contributed by atoms with Crippen molar-refractivity contribution in [2.24, 2.45) is 0 Å². The maximum absolute atomic E-state index is 13.6. The maximum Gasteiger partial charge on any atom is 0.290 e. The standard InChI is InChI=1S/C27H29ClN2O5/c1-2-3-14-34-20-7-4-18(5-8-20)24-23-25(31)21-17-19(28)6-9-22(21)35-26(23)27(32)30(24)11-10-29-12-15-33-16-13-29/h4-9,17,24H,2-3,10-16H2,1H3. The number of carbonyl (C=O) groups is 1. The second-order valence-electron chi connectivity index (χ2n) is 8.94. The molecule has 3 heterocycles. The van der Waals surface area contributed by atoms with Crippen LogP contribution in [0, 0.1) is 0 Å². The number of ether oxygens (including phenoxy) is 2. The van der Waals surface area contributed by atoms with Gasteiger partial charge in [-0.1, -0.05) is 37.1 Å². The SMILES string of the molecule is CCCCOc1ccc(C2c3c(oc4ccc(Cl)cc4c3=O)C(=O)N2CCN2CCOCC2)cc1. The van der Waals surface area contributed by atoms with E-state index in [1.165, 1.54) is 0 Å². The molecule has 5 rings (SSSR count). The third-order valence-electron chi connectivity index (χ3n) is 6.65. The molecule has 8 heteroatoms. The van der Waals surface area contributed by atoms with Gasteiger partial charge >= 0.3 is 0 Å². The predicted octanol–water partition coefficient (Wildman–Crippen LogP) is 4.50. The molecule has 35 heavy (non-hydrogen) atoms. The molecule has 0 bridgehead atoms. The van der Waals surface area contributed by atoms with E-state index in [9.17, 15) is 9.59 Å². The van der Waals surface area contributed by atoms with E-state index in [0.717, 1.165) is 37.2 Å². The summed E-state index contributed by atoms with van der Waals surface area (Å²) in [5.74, 6) is 0.611. The molecule has 7 nitrogen and oxygen atoms in total. The molecule has 2 aliphatic rings. The number of carbonyl (C=O) groups excluding carboxylic acids is 1. The van der Waals surface area contributed by atoms with Crippen molar-refractivity contribution in [1.29, 1.82) is 0 Å². The zero-order valence-corrected chi connectivity index (χ0v) is 20.6. The van der Waals surface area contributed by atoms with Crippen molar-refractivity contribution in [3.63, 3.8) is 0 Å². The van der Waals surface area contributed by atoms with Gasteiger partial charge in [-0.05, 0) is 42.3 Å². The van der Waals surface area contributed by atoms with Gasteiger partial charge in [0, 0.05) is 31.2 Å². The molecular weight excluding hydrogens is 468 g/mol. The molecule has 0 N–H and O–H groups in total. The zero-order chi connectivity index (χ0) is 24.4. The van der Waals surface area contributed by atoms with Gasteiger partial charge in [-0.2, -0.15) is 0 Å². The third kappa shape index (κ3) is 4.81. The number of halogens is 1. The Hall–Kier alpha value is -2.87. The lowest BCUT2D eigenvalue weighted by Gasteiger charge is -2.31. The molecule has 1 amide bonds.